The smallest absolute Gasteiger partial charge is 0.126 e. The van der Waals surface area contributed by atoms with Gasteiger partial charge in [0.25, 0.3) is 0 Å². The number of halogens is 2. The molecule has 5 aromatic rings. The number of pyridine rings is 1. The summed E-state index contributed by atoms with van der Waals surface area (Å²) in [6.45, 7) is 1.92. The molecule has 0 radical (unpaired) electrons. The molecule has 31 heavy (non-hydrogen) atoms. The Morgan fingerprint density at radius 3 is 2.39 bits per heavy atom. The minimum atomic E-state index is -0.615. The Labute approximate surface area is 176 Å². The van der Waals surface area contributed by atoms with Crippen LogP contribution < -0.4 is 0 Å². The van der Waals surface area contributed by atoms with E-state index in [-0.39, 0.29) is 6.42 Å². The van der Waals surface area contributed by atoms with Crippen LogP contribution in [-0.4, -0.2) is 24.9 Å². The van der Waals surface area contributed by atoms with Crippen molar-refractivity contribution in [3.63, 3.8) is 0 Å². The van der Waals surface area contributed by atoms with Crippen LogP contribution in [0.2, 0.25) is 0 Å². The van der Waals surface area contributed by atoms with E-state index < -0.39 is 11.6 Å². The van der Waals surface area contributed by atoms with Crippen LogP contribution in [0, 0.1) is 18.6 Å². The van der Waals surface area contributed by atoms with Crippen molar-refractivity contribution in [1.82, 2.24) is 24.9 Å². The van der Waals surface area contributed by atoms with E-state index in [1.165, 1.54) is 12.1 Å². The molecule has 0 spiro atoms. The monoisotopic (exact) mass is 413 g/mol. The Balaban J connectivity index is 1.64. The van der Waals surface area contributed by atoms with Crippen molar-refractivity contribution in [3.05, 3.63) is 95.7 Å². The Bertz CT molecular complexity index is 1390. The second-order valence-corrected chi connectivity index (χ2v) is 7.29. The van der Waals surface area contributed by atoms with Crippen LogP contribution in [0.15, 0.2) is 67.0 Å². The lowest BCUT2D eigenvalue weighted by molar-refractivity contribution is 0.580. The molecule has 0 atom stereocenters. The highest BCUT2D eigenvalue weighted by Gasteiger charge is 2.17. The molecule has 0 bridgehead atoms. The lowest BCUT2D eigenvalue weighted by atomic mass is 10.1. The fourth-order valence-electron chi connectivity index (χ4n) is 3.60. The maximum absolute atomic E-state index is 13.6. The average Bonchev–Trinajstić information content (AvgIpc) is 3.16. The first-order chi connectivity index (χ1) is 15.0. The number of H-pyrrole nitrogens is 1. The summed E-state index contributed by atoms with van der Waals surface area (Å²) in [5, 5.41) is 0. The topological polar surface area (TPSA) is 67.3 Å². The molecular weight excluding hydrogens is 396 g/mol. The van der Waals surface area contributed by atoms with Crippen LogP contribution in [0.5, 0.6) is 0 Å². The first kappa shape index (κ1) is 19.0. The highest BCUT2D eigenvalue weighted by Crippen LogP contribution is 2.31. The molecule has 5 nitrogen and oxygen atoms in total. The summed E-state index contributed by atoms with van der Waals surface area (Å²) in [5.74, 6) is -0.650. The summed E-state index contributed by atoms with van der Waals surface area (Å²) in [6.07, 6.45) is 3.54. The second-order valence-electron chi connectivity index (χ2n) is 7.29. The van der Waals surface area contributed by atoms with E-state index in [0.29, 0.717) is 17.1 Å². The zero-order chi connectivity index (χ0) is 21.4. The normalized spacial score (nSPS) is 11.2. The van der Waals surface area contributed by atoms with Crippen molar-refractivity contribution in [2.75, 3.05) is 0 Å². The van der Waals surface area contributed by atoms with E-state index in [9.17, 15) is 8.78 Å². The molecule has 0 aliphatic rings. The number of benzene rings is 2. The Hall–Kier alpha value is -4.00. The molecular formula is C24H17F2N5. The number of imidazole rings is 1. The maximum Gasteiger partial charge on any atom is 0.126 e. The van der Waals surface area contributed by atoms with Gasteiger partial charge in [-0.05, 0) is 48.9 Å². The molecule has 152 valence electrons. The van der Waals surface area contributed by atoms with Crippen LogP contribution in [0.25, 0.3) is 33.7 Å². The largest absolute Gasteiger partial charge is 0.340 e. The molecule has 0 aliphatic carbocycles. The number of hydrogen-bond donors (Lipinski definition) is 1. The van der Waals surface area contributed by atoms with Crippen molar-refractivity contribution < 1.29 is 8.78 Å². The number of fused-ring (bicyclic) bond motifs is 1. The standard InChI is InChI=1S/C24H17F2N5/c1-14-3-2-4-20(29-14)24-23(16-5-6-19-21(12-16)28-8-7-27-19)30-22(31-24)11-15-9-17(25)13-18(26)10-15/h2-10,12-13H,11H2,1H3,(H,30,31). The van der Waals surface area contributed by atoms with E-state index in [4.69, 9.17) is 4.98 Å². The lowest BCUT2D eigenvalue weighted by Crippen LogP contribution is -1.94. The zero-order valence-electron chi connectivity index (χ0n) is 16.6. The number of hydrogen-bond acceptors (Lipinski definition) is 4. The van der Waals surface area contributed by atoms with Gasteiger partial charge in [0.05, 0.1) is 28.1 Å². The SMILES string of the molecule is Cc1cccc(-c2[nH]c(Cc3cc(F)cc(F)c3)nc2-c2ccc3nccnc3c2)n1. The summed E-state index contributed by atoms with van der Waals surface area (Å²) in [6, 6.07) is 15.0. The van der Waals surface area contributed by atoms with Crippen molar-refractivity contribution in [1.29, 1.82) is 0 Å². The first-order valence-electron chi connectivity index (χ1n) is 9.74. The highest BCUT2D eigenvalue weighted by atomic mass is 19.1. The van der Waals surface area contributed by atoms with Gasteiger partial charge in [0.1, 0.15) is 17.5 Å². The number of rotatable bonds is 4. The van der Waals surface area contributed by atoms with E-state index in [2.05, 4.69) is 19.9 Å². The van der Waals surface area contributed by atoms with Gasteiger partial charge < -0.3 is 4.98 Å². The van der Waals surface area contributed by atoms with Gasteiger partial charge >= 0.3 is 0 Å². The summed E-state index contributed by atoms with van der Waals surface area (Å²) >= 11 is 0. The van der Waals surface area contributed by atoms with Crippen molar-refractivity contribution >= 4 is 11.0 Å². The summed E-state index contributed by atoms with van der Waals surface area (Å²) < 4.78 is 27.3. The van der Waals surface area contributed by atoms with Gasteiger partial charge in [-0.15, -0.1) is 0 Å². The Morgan fingerprint density at radius 1 is 0.839 bits per heavy atom. The first-order valence-corrected chi connectivity index (χ1v) is 9.74. The molecule has 0 saturated carbocycles. The van der Waals surface area contributed by atoms with Crippen molar-refractivity contribution in [3.8, 4) is 22.6 Å². The minimum absolute atomic E-state index is 0.251. The number of nitrogens with zero attached hydrogens (tertiary/aromatic N) is 4. The molecule has 0 fully saturated rings. The molecule has 0 saturated heterocycles. The van der Waals surface area contributed by atoms with Crippen LogP contribution in [0.3, 0.4) is 0 Å². The third kappa shape index (κ3) is 3.90. The van der Waals surface area contributed by atoms with E-state index in [1.54, 1.807) is 12.4 Å². The fourth-order valence-corrected chi connectivity index (χ4v) is 3.60. The molecule has 3 aromatic heterocycles. The molecule has 1 N–H and O–H groups in total. The van der Waals surface area contributed by atoms with Gasteiger partial charge in [-0.1, -0.05) is 12.1 Å². The predicted molar refractivity (Wildman–Crippen MR) is 114 cm³/mol. The maximum atomic E-state index is 13.6. The third-order valence-electron chi connectivity index (χ3n) is 4.93. The molecule has 7 heteroatoms. The highest BCUT2D eigenvalue weighted by molar-refractivity contribution is 5.84. The lowest BCUT2D eigenvalue weighted by Gasteiger charge is -2.04. The van der Waals surface area contributed by atoms with E-state index >= 15 is 0 Å². The molecule has 3 heterocycles. The Morgan fingerprint density at radius 2 is 1.61 bits per heavy atom. The van der Waals surface area contributed by atoms with Gasteiger partial charge in [0, 0.05) is 36.1 Å². The van der Waals surface area contributed by atoms with E-state index in [1.807, 2.05) is 43.3 Å². The summed E-state index contributed by atoms with van der Waals surface area (Å²) in [4.78, 5) is 21.4. The van der Waals surface area contributed by atoms with Gasteiger partial charge in [-0.2, -0.15) is 0 Å². The predicted octanol–water partition coefficient (Wildman–Crippen LogP) is 5.26. The zero-order valence-corrected chi connectivity index (χ0v) is 16.6. The average molecular weight is 413 g/mol. The number of nitrogens with one attached hydrogen (secondary N) is 1. The molecule has 0 amide bonds. The van der Waals surface area contributed by atoms with E-state index in [0.717, 1.165) is 39.7 Å². The van der Waals surface area contributed by atoms with Gasteiger partial charge in [-0.25, -0.2) is 13.8 Å². The van der Waals surface area contributed by atoms with Gasteiger partial charge in [0.15, 0.2) is 0 Å². The molecule has 0 unspecified atom stereocenters. The van der Waals surface area contributed by atoms with Crippen molar-refractivity contribution in [2.24, 2.45) is 0 Å². The van der Waals surface area contributed by atoms with Gasteiger partial charge in [0.2, 0.25) is 0 Å². The van der Waals surface area contributed by atoms with Crippen LogP contribution in [0.4, 0.5) is 8.78 Å². The van der Waals surface area contributed by atoms with Crippen LogP contribution in [-0.2, 0) is 6.42 Å². The fraction of sp³-hybridized carbons (Fsp3) is 0.0833. The Kier molecular flexibility index (Phi) is 4.71. The number of aryl methyl sites for hydroxylation is 1. The number of aromatic amines is 1. The van der Waals surface area contributed by atoms with Crippen LogP contribution >= 0.6 is 0 Å². The third-order valence-corrected chi connectivity index (χ3v) is 4.93. The summed E-state index contributed by atoms with van der Waals surface area (Å²) in [7, 11) is 0. The molecule has 5 rings (SSSR count). The van der Waals surface area contributed by atoms with Crippen molar-refractivity contribution in [2.45, 2.75) is 13.3 Å². The number of aromatic nitrogens is 5. The molecule has 2 aromatic carbocycles. The van der Waals surface area contributed by atoms with Gasteiger partial charge in [-0.3, -0.25) is 15.0 Å². The summed E-state index contributed by atoms with van der Waals surface area (Å²) in [5.41, 5.74) is 5.91. The quantitative estimate of drug-likeness (QED) is 0.436. The molecule has 0 aliphatic heterocycles. The van der Waals surface area contributed by atoms with Crippen LogP contribution in [0.1, 0.15) is 17.1 Å². The second kappa shape index (κ2) is 7.68. The minimum Gasteiger partial charge on any atom is -0.340 e.